The highest BCUT2D eigenvalue weighted by Gasteiger charge is 2.08. The van der Waals surface area contributed by atoms with Crippen molar-refractivity contribution >= 4 is 17.2 Å². The van der Waals surface area contributed by atoms with E-state index in [1.807, 2.05) is 0 Å². The van der Waals surface area contributed by atoms with Gasteiger partial charge < -0.3 is 15.5 Å². The summed E-state index contributed by atoms with van der Waals surface area (Å²) in [5, 5.41) is 0.785. The van der Waals surface area contributed by atoms with Crippen molar-refractivity contribution in [1.82, 2.24) is 4.98 Å². The number of halogens is 1. The summed E-state index contributed by atoms with van der Waals surface area (Å²) in [5.41, 5.74) is 7.23. The van der Waals surface area contributed by atoms with Crippen LogP contribution in [0.5, 0.6) is 0 Å². The minimum Gasteiger partial charge on any atom is -0.361 e. The number of aromatic nitrogens is 1. The first kappa shape index (κ1) is 9.86. The molecule has 0 amide bonds. The van der Waals surface area contributed by atoms with E-state index in [1.165, 1.54) is 12.1 Å². The van der Waals surface area contributed by atoms with Crippen molar-refractivity contribution < 1.29 is 9.18 Å². The molecule has 1 aromatic carbocycles. The summed E-state index contributed by atoms with van der Waals surface area (Å²) in [6.45, 7) is 0. The van der Waals surface area contributed by atoms with Gasteiger partial charge in [-0.2, -0.15) is 0 Å². The smallest absolute Gasteiger partial charge is 0.137 e. The van der Waals surface area contributed by atoms with E-state index in [2.05, 4.69) is 4.98 Å². The van der Waals surface area contributed by atoms with Crippen LogP contribution >= 0.6 is 0 Å². The summed E-state index contributed by atoms with van der Waals surface area (Å²) in [7, 11) is 0. The fourth-order valence-electron chi connectivity index (χ4n) is 1.62. The molecule has 3 N–H and O–H groups in total. The van der Waals surface area contributed by atoms with E-state index in [9.17, 15) is 9.18 Å². The second kappa shape index (κ2) is 3.82. The number of rotatable bonds is 3. The van der Waals surface area contributed by atoms with Crippen molar-refractivity contribution in [2.45, 2.75) is 12.5 Å². The van der Waals surface area contributed by atoms with Crippen molar-refractivity contribution in [1.29, 1.82) is 0 Å². The normalized spacial score (nSPS) is 12.9. The van der Waals surface area contributed by atoms with Gasteiger partial charge in [0.15, 0.2) is 0 Å². The van der Waals surface area contributed by atoms with Gasteiger partial charge in [-0.3, -0.25) is 0 Å². The molecule has 2 rings (SSSR count). The van der Waals surface area contributed by atoms with Gasteiger partial charge in [-0.25, -0.2) is 4.39 Å². The molecule has 1 aromatic heterocycles. The molecule has 0 saturated carbocycles. The molecule has 0 bridgehead atoms. The Labute approximate surface area is 86.1 Å². The van der Waals surface area contributed by atoms with Crippen molar-refractivity contribution in [3.63, 3.8) is 0 Å². The largest absolute Gasteiger partial charge is 0.361 e. The second-order valence-electron chi connectivity index (χ2n) is 3.51. The van der Waals surface area contributed by atoms with Crippen LogP contribution in [0.25, 0.3) is 10.9 Å². The highest BCUT2D eigenvalue weighted by Crippen LogP contribution is 2.20. The number of benzene rings is 1. The molecular weight excluding hydrogens is 195 g/mol. The molecule has 0 aliphatic rings. The predicted molar refractivity (Wildman–Crippen MR) is 56.0 cm³/mol. The fraction of sp³-hybridized carbons (Fsp3) is 0.182. The SMILES string of the molecule is NC(C=O)Cc1c[nH]c2ccc(F)cc12. The number of aldehydes is 1. The van der Waals surface area contributed by atoms with Crippen molar-refractivity contribution in [2.75, 3.05) is 0 Å². The average molecular weight is 206 g/mol. The van der Waals surface area contributed by atoms with Gasteiger partial charge in [0.1, 0.15) is 12.1 Å². The molecular formula is C11H11FN2O. The molecule has 15 heavy (non-hydrogen) atoms. The highest BCUT2D eigenvalue weighted by molar-refractivity contribution is 5.83. The number of nitrogens with two attached hydrogens (primary N) is 1. The van der Waals surface area contributed by atoms with Crippen LogP contribution in [-0.4, -0.2) is 17.3 Å². The van der Waals surface area contributed by atoms with E-state index < -0.39 is 6.04 Å². The Hall–Kier alpha value is -1.68. The van der Waals surface area contributed by atoms with Crippen LogP contribution in [-0.2, 0) is 11.2 Å². The molecule has 4 heteroatoms. The summed E-state index contributed by atoms with van der Waals surface area (Å²) < 4.78 is 13.0. The van der Waals surface area contributed by atoms with Gasteiger partial charge in [0.25, 0.3) is 0 Å². The van der Waals surface area contributed by atoms with E-state index in [1.54, 1.807) is 12.3 Å². The van der Waals surface area contributed by atoms with Gasteiger partial charge >= 0.3 is 0 Å². The maximum absolute atomic E-state index is 13.0. The minimum atomic E-state index is -0.535. The van der Waals surface area contributed by atoms with Crippen molar-refractivity contribution in [3.8, 4) is 0 Å². The van der Waals surface area contributed by atoms with E-state index in [4.69, 9.17) is 5.73 Å². The Morgan fingerprint density at radius 1 is 1.53 bits per heavy atom. The van der Waals surface area contributed by atoms with Gasteiger partial charge in [-0.15, -0.1) is 0 Å². The zero-order chi connectivity index (χ0) is 10.8. The Bertz CT molecular complexity index is 492. The first-order chi connectivity index (χ1) is 7.20. The van der Waals surface area contributed by atoms with Crippen molar-refractivity contribution in [3.05, 3.63) is 35.8 Å². The van der Waals surface area contributed by atoms with Gasteiger partial charge in [0, 0.05) is 17.1 Å². The summed E-state index contributed by atoms with van der Waals surface area (Å²) in [6, 6.07) is 3.97. The number of hydrogen-bond acceptors (Lipinski definition) is 2. The number of nitrogens with one attached hydrogen (secondary N) is 1. The van der Waals surface area contributed by atoms with Crippen LogP contribution < -0.4 is 5.73 Å². The highest BCUT2D eigenvalue weighted by atomic mass is 19.1. The number of fused-ring (bicyclic) bond motifs is 1. The molecule has 0 aliphatic heterocycles. The summed E-state index contributed by atoms with van der Waals surface area (Å²) in [6.07, 6.45) is 2.87. The number of hydrogen-bond donors (Lipinski definition) is 2. The average Bonchev–Trinajstić information content (AvgIpc) is 2.61. The monoisotopic (exact) mass is 206 g/mol. The molecule has 1 atom stereocenters. The molecule has 3 nitrogen and oxygen atoms in total. The lowest BCUT2D eigenvalue weighted by Gasteiger charge is -2.01. The van der Waals surface area contributed by atoms with Crippen LogP contribution in [0.1, 0.15) is 5.56 Å². The van der Waals surface area contributed by atoms with Gasteiger partial charge in [0.2, 0.25) is 0 Å². The third-order valence-corrected chi connectivity index (χ3v) is 2.36. The Balaban J connectivity index is 2.43. The first-order valence-electron chi connectivity index (χ1n) is 4.67. The molecule has 1 heterocycles. The van der Waals surface area contributed by atoms with E-state index in [0.717, 1.165) is 16.5 Å². The molecule has 0 saturated heterocycles. The zero-order valence-electron chi connectivity index (χ0n) is 8.03. The molecule has 0 spiro atoms. The summed E-state index contributed by atoms with van der Waals surface area (Å²) in [4.78, 5) is 13.4. The third kappa shape index (κ3) is 1.89. The Kier molecular flexibility index (Phi) is 2.51. The lowest BCUT2D eigenvalue weighted by atomic mass is 10.1. The van der Waals surface area contributed by atoms with Crippen LogP contribution in [0.3, 0.4) is 0 Å². The number of carbonyl (C=O) groups excluding carboxylic acids is 1. The molecule has 2 aromatic rings. The van der Waals surface area contributed by atoms with Crippen molar-refractivity contribution in [2.24, 2.45) is 5.73 Å². The number of aromatic amines is 1. The predicted octanol–water partition coefficient (Wildman–Crippen LogP) is 1.38. The van der Waals surface area contributed by atoms with Gasteiger partial charge in [0.05, 0.1) is 6.04 Å². The minimum absolute atomic E-state index is 0.289. The fourth-order valence-corrected chi connectivity index (χ4v) is 1.62. The zero-order valence-corrected chi connectivity index (χ0v) is 8.03. The van der Waals surface area contributed by atoms with E-state index in [0.29, 0.717) is 12.7 Å². The molecule has 1 unspecified atom stereocenters. The topological polar surface area (TPSA) is 58.9 Å². The Morgan fingerprint density at radius 3 is 3.07 bits per heavy atom. The van der Waals surface area contributed by atoms with Crippen LogP contribution in [0.2, 0.25) is 0 Å². The number of carbonyl (C=O) groups is 1. The standard InChI is InChI=1S/C11H11FN2O/c12-8-1-2-11-10(4-8)7(5-14-11)3-9(13)6-15/h1-2,4-6,9,14H,3,13H2. The third-order valence-electron chi connectivity index (χ3n) is 2.36. The van der Waals surface area contributed by atoms with Gasteiger partial charge in [-0.1, -0.05) is 0 Å². The quantitative estimate of drug-likeness (QED) is 0.745. The molecule has 0 fully saturated rings. The maximum Gasteiger partial charge on any atom is 0.137 e. The maximum atomic E-state index is 13.0. The van der Waals surface area contributed by atoms with Crippen LogP contribution in [0.4, 0.5) is 4.39 Å². The molecule has 78 valence electrons. The lowest BCUT2D eigenvalue weighted by Crippen LogP contribution is -2.23. The summed E-state index contributed by atoms with van der Waals surface area (Å²) >= 11 is 0. The Morgan fingerprint density at radius 2 is 2.33 bits per heavy atom. The second-order valence-corrected chi connectivity index (χ2v) is 3.51. The first-order valence-corrected chi connectivity index (χ1v) is 4.67. The lowest BCUT2D eigenvalue weighted by molar-refractivity contribution is -0.108. The number of H-pyrrole nitrogens is 1. The van der Waals surface area contributed by atoms with E-state index >= 15 is 0 Å². The van der Waals surface area contributed by atoms with Crippen LogP contribution in [0, 0.1) is 5.82 Å². The molecule has 0 radical (unpaired) electrons. The molecule has 0 aliphatic carbocycles. The van der Waals surface area contributed by atoms with Gasteiger partial charge in [-0.05, 0) is 30.2 Å². The summed E-state index contributed by atoms with van der Waals surface area (Å²) in [5.74, 6) is -0.289. The van der Waals surface area contributed by atoms with E-state index in [-0.39, 0.29) is 5.82 Å². The van der Waals surface area contributed by atoms with Crippen LogP contribution in [0.15, 0.2) is 24.4 Å².